The second-order valence-electron chi connectivity index (χ2n) is 2.76. The van der Waals surface area contributed by atoms with E-state index in [0.29, 0.717) is 0 Å². The van der Waals surface area contributed by atoms with Crippen molar-refractivity contribution in [3.05, 3.63) is 35.4 Å². The fourth-order valence-electron chi connectivity index (χ4n) is 1.00. The number of hydrogen-bond acceptors (Lipinski definition) is 3. The van der Waals surface area contributed by atoms with E-state index in [1.54, 1.807) is 6.92 Å². The first kappa shape index (κ1) is 10.7. The highest BCUT2D eigenvalue weighted by molar-refractivity contribution is 8.12. The maximum absolute atomic E-state index is 10.7. The van der Waals surface area contributed by atoms with Gasteiger partial charge in [-0.25, -0.2) is 0 Å². The molecular formula is C10H12OS2. The molecule has 1 aromatic rings. The Kier molecular flexibility index (Phi) is 4.39. The van der Waals surface area contributed by atoms with Crippen molar-refractivity contribution in [2.45, 2.75) is 18.4 Å². The van der Waals surface area contributed by atoms with Crippen LogP contribution in [0.4, 0.5) is 0 Å². The largest absolute Gasteiger partial charge is 0.288 e. The predicted octanol–water partition coefficient (Wildman–Crippen LogP) is 2.90. The van der Waals surface area contributed by atoms with Crippen molar-refractivity contribution in [1.29, 1.82) is 0 Å². The van der Waals surface area contributed by atoms with Crippen LogP contribution in [0.3, 0.4) is 0 Å². The summed E-state index contributed by atoms with van der Waals surface area (Å²) in [6.07, 6.45) is 0. The van der Waals surface area contributed by atoms with E-state index < -0.39 is 0 Å². The summed E-state index contributed by atoms with van der Waals surface area (Å²) in [7, 11) is 0. The second-order valence-corrected chi connectivity index (χ2v) is 4.23. The average molecular weight is 212 g/mol. The van der Waals surface area contributed by atoms with Crippen LogP contribution in [0.1, 0.15) is 18.1 Å². The van der Waals surface area contributed by atoms with Crippen LogP contribution < -0.4 is 0 Å². The second kappa shape index (κ2) is 5.35. The highest BCUT2D eigenvalue weighted by Crippen LogP contribution is 2.14. The number of carbonyl (C=O) groups excluding carboxylic acids is 1. The molecule has 0 amide bonds. The number of thioether (sulfide) groups is 1. The summed E-state index contributed by atoms with van der Waals surface area (Å²) in [5, 5.41) is 0.163. The molecule has 0 fully saturated rings. The van der Waals surface area contributed by atoms with E-state index in [9.17, 15) is 4.79 Å². The topological polar surface area (TPSA) is 17.1 Å². The van der Waals surface area contributed by atoms with Crippen LogP contribution >= 0.6 is 24.4 Å². The predicted molar refractivity (Wildman–Crippen MR) is 61.1 cm³/mol. The summed E-state index contributed by atoms with van der Waals surface area (Å²) in [6.45, 7) is 1.59. The Bertz CT molecular complexity index is 297. The minimum absolute atomic E-state index is 0.163. The molecule has 0 atom stereocenters. The SMILES string of the molecule is CC(=O)SCc1cccc(CS)c1. The molecule has 0 bridgehead atoms. The molecule has 0 aliphatic heterocycles. The molecule has 0 saturated carbocycles. The monoisotopic (exact) mass is 212 g/mol. The number of benzene rings is 1. The highest BCUT2D eigenvalue weighted by atomic mass is 32.2. The van der Waals surface area contributed by atoms with E-state index in [1.807, 2.05) is 18.2 Å². The molecule has 0 N–H and O–H groups in total. The number of rotatable bonds is 3. The van der Waals surface area contributed by atoms with Crippen LogP contribution in [0.2, 0.25) is 0 Å². The minimum atomic E-state index is 0.163. The standard InChI is InChI=1S/C10H12OS2/c1-8(11)13-7-10-4-2-3-9(5-10)6-12/h2-5,12H,6-7H2,1H3. The summed E-state index contributed by atoms with van der Waals surface area (Å²) >= 11 is 5.53. The summed E-state index contributed by atoms with van der Waals surface area (Å²) in [5.74, 6) is 1.51. The average Bonchev–Trinajstić information content (AvgIpc) is 2.15. The van der Waals surface area contributed by atoms with Gasteiger partial charge in [0.1, 0.15) is 0 Å². The van der Waals surface area contributed by atoms with Crippen LogP contribution in [0.25, 0.3) is 0 Å². The zero-order valence-electron chi connectivity index (χ0n) is 7.49. The molecular weight excluding hydrogens is 200 g/mol. The summed E-state index contributed by atoms with van der Waals surface area (Å²) in [4.78, 5) is 10.7. The lowest BCUT2D eigenvalue weighted by Gasteiger charge is -2.01. The lowest BCUT2D eigenvalue weighted by Crippen LogP contribution is -1.87. The van der Waals surface area contributed by atoms with Crippen molar-refractivity contribution in [2.75, 3.05) is 0 Å². The zero-order chi connectivity index (χ0) is 9.68. The summed E-state index contributed by atoms with van der Waals surface area (Å²) in [5.41, 5.74) is 2.39. The molecule has 1 nitrogen and oxygen atoms in total. The maximum atomic E-state index is 10.7. The van der Waals surface area contributed by atoms with Gasteiger partial charge in [-0.1, -0.05) is 36.0 Å². The summed E-state index contributed by atoms with van der Waals surface area (Å²) < 4.78 is 0. The van der Waals surface area contributed by atoms with Gasteiger partial charge in [0.05, 0.1) is 0 Å². The van der Waals surface area contributed by atoms with E-state index in [1.165, 1.54) is 22.9 Å². The van der Waals surface area contributed by atoms with Gasteiger partial charge in [0.15, 0.2) is 5.12 Å². The minimum Gasteiger partial charge on any atom is -0.288 e. The third-order valence-electron chi connectivity index (χ3n) is 1.62. The molecule has 0 aliphatic carbocycles. The third kappa shape index (κ3) is 3.87. The maximum Gasteiger partial charge on any atom is 0.186 e. The molecule has 0 spiro atoms. The molecule has 0 unspecified atom stereocenters. The van der Waals surface area contributed by atoms with Crippen LogP contribution in [-0.4, -0.2) is 5.12 Å². The van der Waals surface area contributed by atoms with E-state index in [0.717, 1.165) is 11.5 Å². The molecule has 0 radical (unpaired) electrons. The number of thiol groups is 1. The van der Waals surface area contributed by atoms with E-state index in [-0.39, 0.29) is 5.12 Å². The first-order valence-corrected chi connectivity index (χ1v) is 5.66. The normalized spacial score (nSPS) is 10.0. The molecule has 0 aliphatic rings. The van der Waals surface area contributed by atoms with Crippen LogP contribution in [0.5, 0.6) is 0 Å². The van der Waals surface area contributed by atoms with Crippen LogP contribution in [-0.2, 0) is 16.3 Å². The van der Waals surface area contributed by atoms with Crippen molar-refractivity contribution in [1.82, 2.24) is 0 Å². The van der Waals surface area contributed by atoms with Crippen molar-refractivity contribution >= 4 is 29.5 Å². The van der Waals surface area contributed by atoms with Crippen molar-refractivity contribution in [3.8, 4) is 0 Å². The number of hydrogen-bond donors (Lipinski definition) is 1. The molecule has 0 saturated heterocycles. The van der Waals surface area contributed by atoms with Gasteiger partial charge in [0.2, 0.25) is 0 Å². The molecule has 70 valence electrons. The molecule has 1 rings (SSSR count). The van der Waals surface area contributed by atoms with E-state index >= 15 is 0 Å². The Balaban J connectivity index is 2.61. The summed E-state index contributed by atoms with van der Waals surface area (Å²) in [6, 6.07) is 8.16. The quantitative estimate of drug-likeness (QED) is 0.776. The Morgan fingerprint density at radius 2 is 2.15 bits per heavy atom. The molecule has 13 heavy (non-hydrogen) atoms. The van der Waals surface area contributed by atoms with Gasteiger partial charge in [-0.15, -0.1) is 0 Å². The fraction of sp³-hybridized carbons (Fsp3) is 0.300. The zero-order valence-corrected chi connectivity index (χ0v) is 9.20. The Morgan fingerprint density at radius 1 is 1.46 bits per heavy atom. The van der Waals surface area contributed by atoms with Gasteiger partial charge in [-0.2, -0.15) is 12.6 Å². The van der Waals surface area contributed by atoms with Gasteiger partial charge in [-0.05, 0) is 11.1 Å². The fourth-order valence-corrected chi connectivity index (χ4v) is 1.75. The number of carbonyl (C=O) groups is 1. The molecule has 3 heteroatoms. The van der Waals surface area contributed by atoms with Gasteiger partial charge in [-0.3, -0.25) is 4.79 Å². The molecule has 1 aromatic carbocycles. The van der Waals surface area contributed by atoms with Gasteiger partial charge < -0.3 is 0 Å². The first-order valence-electron chi connectivity index (χ1n) is 4.04. The lowest BCUT2D eigenvalue weighted by atomic mass is 10.2. The molecule has 0 aromatic heterocycles. The van der Waals surface area contributed by atoms with Crippen LogP contribution in [0.15, 0.2) is 24.3 Å². The van der Waals surface area contributed by atoms with E-state index in [2.05, 4.69) is 18.7 Å². The Labute approximate surface area is 88.3 Å². The van der Waals surface area contributed by atoms with Gasteiger partial charge in [0, 0.05) is 18.4 Å². The first-order chi connectivity index (χ1) is 6.22. The van der Waals surface area contributed by atoms with Crippen molar-refractivity contribution in [3.63, 3.8) is 0 Å². The third-order valence-corrected chi connectivity index (χ3v) is 2.87. The van der Waals surface area contributed by atoms with Crippen molar-refractivity contribution < 1.29 is 4.79 Å². The van der Waals surface area contributed by atoms with Gasteiger partial charge >= 0.3 is 0 Å². The highest BCUT2D eigenvalue weighted by Gasteiger charge is 1.97. The van der Waals surface area contributed by atoms with Gasteiger partial charge in [0.25, 0.3) is 0 Å². The van der Waals surface area contributed by atoms with Crippen molar-refractivity contribution in [2.24, 2.45) is 0 Å². The molecule has 0 heterocycles. The lowest BCUT2D eigenvalue weighted by molar-refractivity contribution is -0.109. The Hall–Kier alpha value is -0.410. The Morgan fingerprint density at radius 3 is 2.77 bits per heavy atom. The van der Waals surface area contributed by atoms with Crippen LogP contribution in [0, 0.1) is 0 Å². The van der Waals surface area contributed by atoms with E-state index in [4.69, 9.17) is 0 Å². The smallest absolute Gasteiger partial charge is 0.186 e.